The summed E-state index contributed by atoms with van der Waals surface area (Å²) in [6, 6.07) is 4.61. The highest BCUT2D eigenvalue weighted by molar-refractivity contribution is 7.92. The number of hydrogen-bond acceptors (Lipinski definition) is 3. The summed E-state index contributed by atoms with van der Waals surface area (Å²) >= 11 is 0. The molecule has 0 aromatic heterocycles. The molecule has 1 amide bonds. The number of nitrogens with zero attached hydrogens (tertiary/aromatic N) is 1. The molecule has 0 heterocycles. The average molecular weight is 284 g/mol. The number of nitrogens with two attached hydrogens (primary N) is 1. The van der Waals surface area contributed by atoms with Gasteiger partial charge in [0.2, 0.25) is 15.9 Å². The van der Waals surface area contributed by atoms with Gasteiger partial charge in [-0.3, -0.25) is 9.10 Å². The summed E-state index contributed by atoms with van der Waals surface area (Å²) in [5.41, 5.74) is 7.55. The van der Waals surface area contributed by atoms with Gasteiger partial charge in [-0.05, 0) is 37.5 Å². The van der Waals surface area contributed by atoms with E-state index in [4.69, 9.17) is 5.73 Å². The van der Waals surface area contributed by atoms with Crippen LogP contribution in [-0.2, 0) is 14.8 Å². The van der Waals surface area contributed by atoms with Crippen LogP contribution >= 0.6 is 0 Å². The molecule has 1 aromatic rings. The summed E-state index contributed by atoms with van der Waals surface area (Å²) in [5.74, 6) is -0.645. The largest absolute Gasteiger partial charge is 0.368 e. The van der Waals surface area contributed by atoms with Gasteiger partial charge < -0.3 is 5.73 Å². The SMILES string of the molecule is CCC(C(N)=O)N(c1cc(C)ccc1C)S(C)(=O)=O. The molecular weight excluding hydrogens is 264 g/mol. The molecule has 0 aliphatic carbocycles. The Bertz CT molecular complexity index is 582. The molecule has 0 radical (unpaired) electrons. The lowest BCUT2D eigenvalue weighted by atomic mass is 10.1. The highest BCUT2D eigenvalue weighted by atomic mass is 32.2. The topological polar surface area (TPSA) is 80.5 Å². The third kappa shape index (κ3) is 3.47. The van der Waals surface area contributed by atoms with Crippen LogP contribution in [0, 0.1) is 13.8 Å². The van der Waals surface area contributed by atoms with Gasteiger partial charge in [-0.25, -0.2) is 8.42 Å². The van der Waals surface area contributed by atoms with E-state index < -0.39 is 22.0 Å². The number of rotatable bonds is 5. The molecule has 0 bridgehead atoms. The first-order valence-corrected chi connectivity index (χ1v) is 7.89. The predicted molar refractivity (Wildman–Crippen MR) is 76.5 cm³/mol. The van der Waals surface area contributed by atoms with Gasteiger partial charge in [-0.1, -0.05) is 19.1 Å². The van der Waals surface area contributed by atoms with Gasteiger partial charge >= 0.3 is 0 Å². The van der Waals surface area contributed by atoms with E-state index >= 15 is 0 Å². The number of carbonyl (C=O) groups excluding carboxylic acids is 1. The first kappa shape index (κ1) is 15.5. The number of carbonyl (C=O) groups is 1. The first-order chi connectivity index (χ1) is 8.68. The highest BCUT2D eigenvalue weighted by Crippen LogP contribution is 2.27. The monoisotopic (exact) mass is 284 g/mol. The number of sulfonamides is 1. The van der Waals surface area contributed by atoms with E-state index in [0.29, 0.717) is 12.1 Å². The molecule has 0 spiro atoms. The van der Waals surface area contributed by atoms with E-state index in [1.807, 2.05) is 19.1 Å². The molecule has 1 atom stereocenters. The quantitative estimate of drug-likeness (QED) is 0.885. The number of hydrogen-bond donors (Lipinski definition) is 1. The molecule has 0 aliphatic rings. The van der Waals surface area contributed by atoms with Crippen LogP contribution in [0.5, 0.6) is 0 Å². The minimum Gasteiger partial charge on any atom is -0.368 e. The number of amides is 1. The fourth-order valence-electron chi connectivity index (χ4n) is 2.02. The smallest absolute Gasteiger partial charge is 0.241 e. The lowest BCUT2D eigenvalue weighted by Crippen LogP contribution is -2.47. The van der Waals surface area contributed by atoms with Crippen LogP contribution < -0.4 is 10.0 Å². The number of primary amides is 1. The Hall–Kier alpha value is -1.56. The van der Waals surface area contributed by atoms with Crippen LogP contribution in [0.1, 0.15) is 24.5 Å². The van der Waals surface area contributed by atoms with Gasteiger partial charge in [0.15, 0.2) is 0 Å². The lowest BCUT2D eigenvalue weighted by Gasteiger charge is -2.30. The minimum atomic E-state index is -3.58. The zero-order chi connectivity index (χ0) is 14.8. The third-order valence-corrected chi connectivity index (χ3v) is 4.12. The second-order valence-corrected chi connectivity index (χ2v) is 6.53. The summed E-state index contributed by atoms with van der Waals surface area (Å²) < 4.78 is 25.2. The molecule has 6 heteroatoms. The van der Waals surface area contributed by atoms with E-state index in [9.17, 15) is 13.2 Å². The molecule has 1 aromatic carbocycles. The van der Waals surface area contributed by atoms with Crippen LogP contribution in [-0.4, -0.2) is 26.6 Å². The molecular formula is C13H20N2O3S. The zero-order valence-electron chi connectivity index (χ0n) is 11.7. The van der Waals surface area contributed by atoms with Crippen molar-refractivity contribution in [3.8, 4) is 0 Å². The predicted octanol–water partition coefficient (Wildman–Crippen LogP) is 1.33. The first-order valence-electron chi connectivity index (χ1n) is 6.04. The van der Waals surface area contributed by atoms with Crippen molar-refractivity contribution < 1.29 is 13.2 Å². The summed E-state index contributed by atoms with van der Waals surface area (Å²) in [6.07, 6.45) is 1.41. The molecule has 106 valence electrons. The average Bonchev–Trinajstić information content (AvgIpc) is 2.27. The summed E-state index contributed by atoms with van der Waals surface area (Å²) in [4.78, 5) is 11.5. The van der Waals surface area contributed by atoms with Gasteiger partial charge in [0.25, 0.3) is 0 Å². The molecule has 0 fully saturated rings. The van der Waals surface area contributed by atoms with Crippen molar-refractivity contribution in [3.63, 3.8) is 0 Å². The van der Waals surface area contributed by atoms with Crippen molar-refractivity contribution in [1.29, 1.82) is 0 Å². The van der Waals surface area contributed by atoms with Crippen LogP contribution in [0.4, 0.5) is 5.69 Å². The van der Waals surface area contributed by atoms with E-state index in [1.54, 1.807) is 19.9 Å². The van der Waals surface area contributed by atoms with Gasteiger partial charge in [-0.2, -0.15) is 0 Å². The van der Waals surface area contributed by atoms with Crippen molar-refractivity contribution in [1.82, 2.24) is 0 Å². The van der Waals surface area contributed by atoms with E-state index in [-0.39, 0.29) is 0 Å². The normalized spacial score (nSPS) is 13.1. The maximum Gasteiger partial charge on any atom is 0.241 e. The van der Waals surface area contributed by atoms with Crippen LogP contribution in [0.15, 0.2) is 18.2 Å². The summed E-state index contributed by atoms with van der Waals surface area (Å²) in [6.45, 7) is 5.41. The molecule has 1 unspecified atom stereocenters. The van der Waals surface area contributed by atoms with Crippen LogP contribution in [0.25, 0.3) is 0 Å². The molecule has 19 heavy (non-hydrogen) atoms. The van der Waals surface area contributed by atoms with Crippen molar-refractivity contribution in [2.75, 3.05) is 10.6 Å². The van der Waals surface area contributed by atoms with Crippen molar-refractivity contribution in [3.05, 3.63) is 29.3 Å². The lowest BCUT2D eigenvalue weighted by molar-refractivity contribution is -0.119. The Morgan fingerprint density at radius 3 is 2.37 bits per heavy atom. The molecule has 0 saturated heterocycles. The second kappa shape index (κ2) is 5.61. The molecule has 0 saturated carbocycles. The fourth-order valence-corrected chi connectivity index (χ4v) is 3.29. The Labute approximate surface area is 114 Å². The van der Waals surface area contributed by atoms with Crippen molar-refractivity contribution in [2.24, 2.45) is 5.73 Å². The third-order valence-electron chi connectivity index (χ3n) is 2.96. The van der Waals surface area contributed by atoms with Gasteiger partial charge in [-0.15, -0.1) is 0 Å². The van der Waals surface area contributed by atoms with Crippen LogP contribution in [0.2, 0.25) is 0 Å². The van der Waals surface area contributed by atoms with E-state index in [0.717, 1.165) is 21.7 Å². The number of anilines is 1. The van der Waals surface area contributed by atoms with E-state index in [1.165, 1.54) is 0 Å². The summed E-state index contributed by atoms with van der Waals surface area (Å²) in [7, 11) is -3.58. The molecule has 5 nitrogen and oxygen atoms in total. The maximum atomic E-state index is 12.0. The maximum absolute atomic E-state index is 12.0. The van der Waals surface area contributed by atoms with Crippen molar-refractivity contribution in [2.45, 2.75) is 33.2 Å². The molecule has 0 aliphatic heterocycles. The number of aryl methyl sites for hydroxylation is 2. The Kier molecular flexibility index (Phi) is 4.57. The van der Waals surface area contributed by atoms with Gasteiger partial charge in [0, 0.05) is 0 Å². The minimum absolute atomic E-state index is 0.329. The second-order valence-electron chi connectivity index (χ2n) is 4.68. The number of benzene rings is 1. The Balaban J connectivity index is 3.49. The molecule has 2 N–H and O–H groups in total. The van der Waals surface area contributed by atoms with Gasteiger partial charge in [0.1, 0.15) is 6.04 Å². The van der Waals surface area contributed by atoms with Gasteiger partial charge in [0.05, 0.1) is 11.9 Å². The fraction of sp³-hybridized carbons (Fsp3) is 0.462. The Morgan fingerprint density at radius 2 is 1.95 bits per heavy atom. The Morgan fingerprint density at radius 1 is 1.37 bits per heavy atom. The van der Waals surface area contributed by atoms with Crippen molar-refractivity contribution >= 4 is 21.6 Å². The molecule has 1 rings (SSSR count). The standard InChI is InChI=1S/C13H20N2O3S/c1-5-11(13(14)16)15(19(4,17)18)12-8-9(2)6-7-10(12)3/h6-8,11H,5H2,1-4H3,(H2,14,16). The zero-order valence-corrected chi connectivity index (χ0v) is 12.5. The van der Waals surface area contributed by atoms with E-state index in [2.05, 4.69) is 0 Å². The summed E-state index contributed by atoms with van der Waals surface area (Å²) in [5, 5.41) is 0. The highest BCUT2D eigenvalue weighted by Gasteiger charge is 2.30. The van der Waals surface area contributed by atoms with Crippen LogP contribution in [0.3, 0.4) is 0 Å².